The molecule has 1 saturated carbocycles. The molecule has 25 heavy (non-hydrogen) atoms. The second-order valence-corrected chi connectivity index (χ2v) is 7.53. The maximum atomic E-state index is 9.35. The average Bonchev–Trinajstić information content (AvgIpc) is 3.06. The van der Waals surface area contributed by atoms with E-state index in [0.717, 1.165) is 21.5 Å². The van der Waals surface area contributed by atoms with Gasteiger partial charge in [-0.3, -0.25) is 5.10 Å². The second kappa shape index (κ2) is 6.93. The number of anilines is 1. The second-order valence-electron chi connectivity index (χ2n) is 6.61. The fourth-order valence-electron chi connectivity index (χ4n) is 3.59. The molecule has 0 spiro atoms. The number of H-pyrrole nitrogens is 1. The summed E-state index contributed by atoms with van der Waals surface area (Å²) in [4.78, 5) is 4.77. The number of nitrogens with zero attached hydrogens (tertiary/aromatic N) is 3. The van der Waals surface area contributed by atoms with Gasteiger partial charge in [0, 0.05) is 22.3 Å². The van der Waals surface area contributed by atoms with Crippen molar-refractivity contribution in [2.75, 3.05) is 5.32 Å². The predicted molar refractivity (Wildman–Crippen MR) is 103 cm³/mol. The molecular weight excluding hydrogens is 378 g/mol. The number of halogens is 1. The summed E-state index contributed by atoms with van der Waals surface area (Å²) in [6.07, 6.45) is 9.23. The zero-order valence-electron chi connectivity index (χ0n) is 13.9. The van der Waals surface area contributed by atoms with Gasteiger partial charge in [0.1, 0.15) is 17.3 Å². The lowest BCUT2D eigenvalue weighted by molar-refractivity contribution is 0.615. The molecule has 0 radical (unpaired) electrons. The summed E-state index contributed by atoms with van der Waals surface area (Å²) < 4.78 is 2.92. The van der Waals surface area contributed by atoms with Crippen molar-refractivity contribution < 1.29 is 0 Å². The van der Waals surface area contributed by atoms with Crippen LogP contribution in [0.2, 0.25) is 0 Å². The van der Waals surface area contributed by atoms with Gasteiger partial charge in [-0.05, 0) is 25.0 Å². The van der Waals surface area contributed by atoms with Gasteiger partial charge in [-0.25, -0.2) is 9.50 Å². The third-order valence-electron chi connectivity index (χ3n) is 4.87. The Morgan fingerprint density at radius 1 is 1.24 bits per heavy atom. The smallest absolute Gasteiger partial charge is 0.173 e. The molecule has 6 heteroatoms. The van der Waals surface area contributed by atoms with E-state index in [-0.39, 0.29) is 0 Å². The first-order valence-corrected chi connectivity index (χ1v) is 9.58. The van der Waals surface area contributed by atoms with Crippen LogP contribution in [0, 0.1) is 11.3 Å². The van der Waals surface area contributed by atoms with E-state index in [2.05, 4.69) is 44.5 Å². The maximum absolute atomic E-state index is 9.35. The van der Waals surface area contributed by atoms with Crippen LogP contribution in [0.1, 0.15) is 44.1 Å². The molecule has 0 bridgehead atoms. The molecule has 0 atom stereocenters. The van der Waals surface area contributed by atoms with Crippen LogP contribution >= 0.6 is 15.9 Å². The molecule has 5 nitrogen and oxygen atoms in total. The SMILES string of the molecule is N#Cc1c[nH]n2c(NC3CCCCCC3)c(-c3cccc(Br)c3)nc12. The predicted octanol–water partition coefficient (Wildman–Crippen LogP) is 5.10. The summed E-state index contributed by atoms with van der Waals surface area (Å²) in [5.41, 5.74) is 3.15. The summed E-state index contributed by atoms with van der Waals surface area (Å²) in [6.45, 7) is 0. The van der Waals surface area contributed by atoms with E-state index in [1.807, 2.05) is 16.6 Å². The number of rotatable bonds is 3. The van der Waals surface area contributed by atoms with E-state index in [9.17, 15) is 5.26 Å². The van der Waals surface area contributed by atoms with Gasteiger partial charge in [0.25, 0.3) is 0 Å². The van der Waals surface area contributed by atoms with Crippen molar-refractivity contribution >= 4 is 27.4 Å². The molecule has 2 aromatic heterocycles. The van der Waals surface area contributed by atoms with Crippen LogP contribution < -0.4 is 5.32 Å². The fourth-order valence-corrected chi connectivity index (χ4v) is 3.99. The fraction of sp³-hybridized carbons (Fsp3) is 0.368. The van der Waals surface area contributed by atoms with Crippen molar-refractivity contribution in [3.63, 3.8) is 0 Å². The molecule has 3 aromatic rings. The molecule has 0 unspecified atom stereocenters. The summed E-state index contributed by atoms with van der Waals surface area (Å²) in [5, 5.41) is 16.2. The molecule has 4 rings (SSSR count). The van der Waals surface area contributed by atoms with Gasteiger partial charge >= 0.3 is 0 Å². The van der Waals surface area contributed by atoms with Crippen molar-refractivity contribution in [3.05, 3.63) is 40.5 Å². The number of aromatic nitrogens is 3. The Morgan fingerprint density at radius 3 is 2.76 bits per heavy atom. The highest BCUT2D eigenvalue weighted by atomic mass is 79.9. The van der Waals surface area contributed by atoms with Gasteiger partial charge in [-0.1, -0.05) is 53.7 Å². The minimum Gasteiger partial charge on any atom is -0.365 e. The van der Waals surface area contributed by atoms with Gasteiger partial charge in [0.05, 0.1) is 0 Å². The molecule has 1 fully saturated rings. The first-order chi connectivity index (χ1) is 12.3. The van der Waals surface area contributed by atoms with Crippen molar-refractivity contribution in [2.45, 2.75) is 44.6 Å². The number of benzene rings is 1. The maximum Gasteiger partial charge on any atom is 0.173 e. The van der Waals surface area contributed by atoms with Crippen LogP contribution in [0.15, 0.2) is 34.9 Å². The first kappa shape index (κ1) is 16.2. The Morgan fingerprint density at radius 2 is 2.04 bits per heavy atom. The number of hydrogen-bond acceptors (Lipinski definition) is 3. The van der Waals surface area contributed by atoms with E-state index >= 15 is 0 Å². The van der Waals surface area contributed by atoms with Crippen LogP contribution in [0.3, 0.4) is 0 Å². The van der Waals surface area contributed by atoms with Gasteiger partial charge < -0.3 is 5.32 Å². The monoisotopic (exact) mass is 397 g/mol. The average molecular weight is 398 g/mol. The van der Waals surface area contributed by atoms with E-state index in [4.69, 9.17) is 4.98 Å². The Labute approximate surface area is 155 Å². The molecule has 1 aliphatic rings. The number of aromatic amines is 1. The Kier molecular flexibility index (Phi) is 4.50. The zero-order valence-corrected chi connectivity index (χ0v) is 15.5. The van der Waals surface area contributed by atoms with Crippen LogP contribution in [0.25, 0.3) is 16.9 Å². The van der Waals surface area contributed by atoms with E-state index in [0.29, 0.717) is 17.3 Å². The first-order valence-electron chi connectivity index (χ1n) is 8.78. The van der Waals surface area contributed by atoms with Gasteiger partial charge in [-0.15, -0.1) is 0 Å². The van der Waals surface area contributed by atoms with Crippen molar-refractivity contribution in [1.82, 2.24) is 14.6 Å². The van der Waals surface area contributed by atoms with Gasteiger partial charge in [0.15, 0.2) is 11.5 Å². The number of fused-ring (bicyclic) bond motifs is 1. The largest absolute Gasteiger partial charge is 0.365 e. The molecule has 2 N–H and O–H groups in total. The number of nitriles is 1. The number of hydrogen-bond donors (Lipinski definition) is 2. The molecular formula is C19H20BrN5. The third-order valence-corrected chi connectivity index (χ3v) is 5.36. The molecule has 0 saturated heterocycles. The third kappa shape index (κ3) is 3.16. The van der Waals surface area contributed by atoms with E-state index < -0.39 is 0 Å². The lowest BCUT2D eigenvalue weighted by atomic mass is 10.1. The lowest BCUT2D eigenvalue weighted by Crippen LogP contribution is -2.20. The topological polar surface area (TPSA) is 68.9 Å². The zero-order chi connectivity index (χ0) is 17.2. The molecule has 0 amide bonds. The summed E-state index contributed by atoms with van der Waals surface area (Å²) >= 11 is 3.54. The van der Waals surface area contributed by atoms with Gasteiger partial charge in [0.2, 0.25) is 0 Å². The molecule has 2 heterocycles. The number of imidazole rings is 1. The molecule has 1 aromatic carbocycles. The number of nitrogens with one attached hydrogen (secondary N) is 2. The van der Waals surface area contributed by atoms with Gasteiger partial charge in [-0.2, -0.15) is 5.26 Å². The normalized spacial score (nSPS) is 15.8. The highest BCUT2D eigenvalue weighted by molar-refractivity contribution is 9.10. The molecule has 1 aliphatic carbocycles. The summed E-state index contributed by atoms with van der Waals surface area (Å²) in [6, 6.07) is 10.8. The van der Waals surface area contributed by atoms with Crippen LogP contribution in [-0.4, -0.2) is 20.6 Å². The summed E-state index contributed by atoms with van der Waals surface area (Å²) in [5.74, 6) is 0.946. The van der Waals surface area contributed by atoms with E-state index in [1.165, 1.54) is 38.5 Å². The quantitative estimate of drug-likeness (QED) is 0.604. The highest BCUT2D eigenvalue weighted by Gasteiger charge is 2.21. The lowest BCUT2D eigenvalue weighted by Gasteiger charge is -2.18. The van der Waals surface area contributed by atoms with Crippen molar-refractivity contribution in [2.24, 2.45) is 0 Å². The van der Waals surface area contributed by atoms with Crippen LogP contribution in [-0.2, 0) is 0 Å². The van der Waals surface area contributed by atoms with E-state index in [1.54, 1.807) is 6.20 Å². The van der Waals surface area contributed by atoms with Crippen molar-refractivity contribution in [3.8, 4) is 17.3 Å². The standard InChI is InChI=1S/C19H20BrN5/c20-15-7-5-6-13(10-15)17-19(23-16-8-3-1-2-4-9-16)25-18(24-17)14(11-21)12-22-25/h5-7,10,12,16,22-23H,1-4,8-9H2. The van der Waals surface area contributed by atoms with Crippen LogP contribution in [0.5, 0.6) is 0 Å². The minimum atomic E-state index is 0.446. The van der Waals surface area contributed by atoms with Crippen molar-refractivity contribution in [1.29, 1.82) is 5.26 Å². The highest BCUT2D eigenvalue weighted by Crippen LogP contribution is 2.33. The Hall–Kier alpha value is -2.26. The Balaban J connectivity index is 1.80. The Bertz CT molecular complexity index is 925. The molecule has 0 aliphatic heterocycles. The molecule has 128 valence electrons. The summed E-state index contributed by atoms with van der Waals surface area (Å²) in [7, 11) is 0. The minimum absolute atomic E-state index is 0.446. The van der Waals surface area contributed by atoms with Crippen LogP contribution in [0.4, 0.5) is 5.82 Å².